The van der Waals surface area contributed by atoms with Crippen molar-refractivity contribution in [1.29, 1.82) is 0 Å². The molecule has 0 unspecified atom stereocenters. The molecule has 3 N–H and O–H groups in total. The Morgan fingerprint density at radius 3 is 1.36 bits per heavy atom. The minimum atomic E-state index is -5.49. The van der Waals surface area contributed by atoms with Gasteiger partial charge in [-0.2, -0.15) is 26.3 Å². The first-order valence-corrected chi connectivity index (χ1v) is 3.10. The van der Waals surface area contributed by atoms with Crippen LogP contribution in [0.15, 0.2) is 0 Å². The van der Waals surface area contributed by atoms with Crippen molar-refractivity contribution in [3.8, 4) is 0 Å². The smallest absolute Gasteiger partial charge is 0.395 e. The first kappa shape index (κ1) is 16.2. The van der Waals surface area contributed by atoms with Crippen molar-refractivity contribution in [2.24, 2.45) is 11.7 Å². The van der Waals surface area contributed by atoms with Gasteiger partial charge in [0.2, 0.25) is 0 Å². The number of rotatable bonds is 2. The van der Waals surface area contributed by atoms with Crippen LogP contribution in [0.2, 0.25) is 0 Å². The van der Waals surface area contributed by atoms with Crippen LogP contribution in [-0.4, -0.2) is 30.1 Å². The molecule has 14 heavy (non-hydrogen) atoms. The summed E-state index contributed by atoms with van der Waals surface area (Å²) in [5.74, 6) is -3.68. The molecule has 0 amide bonds. The molecule has 0 saturated carbocycles. The number of aliphatic hydroxyl groups is 1. The maximum atomic E-state index is 11.7. The van der Waals surface area contributed by atoms with E-state index in [4.69, 9.17) is 5.11 Å². The predicted molar refractivity (Wildman–Crippen MR) is 37.9 cm³/mol. The van der Waals surface area contributed by atoms with E-state index in [-0.39, 0.29) is 12.4 Å². The lowest BCUT2D eigenvalue weighted by molar-refractivity contribution is -0.291. The molecule has 1 atom stereocenters. The van der Waals surface area contributed by atoms with E-state index in [0.29, 0.717) is 0 Å². The number of aliphatic hydroxyl groups excluding tert-OH is 1. The molecule has 0 rings (SSSR count). The highest BCUT2D eigenvalue weighted by Crippen LogP contribution is 2.40. The van der Waals surface area contributed by atoms with E-state index in [9.17, 15) is 26.3 Å². The van der Waals surface area contributed by atoms with E-state index in [0.717, 1.165) is 0 Å². The minimum Gasteiger partial charge on any atom is -0.395 e. The third-order valence-corrected chi connectivity index (χ3v) is 1.34. The molecular formula is C5H8ClF6NO. The monoisotopic (exact) mass is 247 g/mol. The maximum absolute atomic E-state index is 11.7. The van der Waals surface area contributed by atoms with E-state index >= 15 is 0 Å². The van der Waals surface area contributed by atoms with Gasteiger partial charge in [-0.05, 0) is 0 Å². The van der Waals surface area contributed by atoms with Gasteiger partial charge in [-0.25, -0.2) is 0 Å². The number of halogens is 7. The van der Waals surface area contributed by atoms with Gasteiger partial charge in [0.15, 0.2) is 5.92 Å². The van der Waals surface area contributed by atoms with Gasteiger partial charge in [0.25, 0.3) is 0 Å². The van der Waals surface area contributed by atoms with Crippen molar-refractivity contribution >= 4 is 12.4 Å². The van der Waals surface area contributed by atoms with Crippen LogP contribution in [0.25, 0.3) is 0 Å². The summed E-state index contributed by atoms with van der Waals surface area (Å²) < 4.78 is 70.5. The molecule has 0 aliphatic carbocycles. The molecule has 88 valence electrons. The zero-order chi connectivity index (χ0) is 10.9. The summed E-state index contributed by atoms with van der Waals surface area (Å²) in [6, 6.07) is -2.38. The Balaban J connectivity index is 0. The lowest BCUT2D eigenvalue weighted by atomic mass is 10.0. The van der Waals surface area contributed by atoms with E-state index in [1.54, 1.807) is 0 Å². The molecule has 9 heteroatoms. The van der Waals surface area contributed by atoms with E-state index in [2.05, 4.69) is 5.73 Å². The van der Waals surface area contributed by atoms with Crippen molar-refractivity contribution < 1.29 is 31.4 Å². The van der Waals surface area contributed by atoms with Gasteiger partial charge in [0.1, 0.15) is 0 Å². The van der Waals surface area contributed by atoms with E-state index < -0.39 is 30.9 Å². The second kappa shape index (κ2) is 5.04. The fourth-order valence-corrected chi connectivity index (χ4v) is 0.776. The molecule has 0 fully saturated rings. The van der Waals surface area contributed by atoms with E-state index in [1.807, 2.05) is 0 Å². The highest BCUT2D eigenvalue weighted by atomic mass is 35.5. The Morgan fingerprint density at radius 1 is 1.00 bits per heavy atom. The van der Waals surface area contributed by atoms with Gasteiger partial charge in [-0.15, -0.1) is 12.4 Å². The largest absolute Gasteiger partial charge is 0.402 e. The van der Waals surface area contributed by atoms with Crippen LogP contribution in [0.5, 0.6) is 0 Å². The van der Waals surface area contributed by atoms with Crippen LogP contribution >= 0.6 is 12.4 Å². The van der Waals surface area contributed by atoms with Crippen molar-refractivity contribution in [3.63, 3.8) is 0 Å². The average Bonchev–Trinajstić information content (AvgIpc) is 1.80. The molecule has 0 aromatic heterocycles. The normalized spacial score (nSPS) is 15.2. The van der Waals surface area contributed by atoms with Gasteiger partial charge in [-0.1, -0.05) is 0 Å². The summed E-state index contributed by atoms with van der Waals surface area (Å²) in [6.45, 7) is -1.37. The van der Waals surface area contributed by atoms with E-state index in [1.165, 1.54) is 0 Å². The van der Waals surface area contributed by atoms with Crippen LogP contribution < -0.4 is 5.73 Å². The van der Waals surface area contributed by atoms with Gasteiger partial charge >= 0.3 is 12.4 Å². The maximum Gasteiger partial charge on any atom is 0.402 e. The topological polar surface area (TPSA) is 46.2 Å². The second-order valence-electron chi connectivity index (χ2n) is 2.41. The first-order chi connectivity index (χ1) is 5.60. The van der Waals surface area contributed by atoms with Crippen molar-refractivity contribution in [2.75, 3.05) is 6.61 Å². The van der Waals surface area contributed by atoms with Gasteiger partial charge in [-0.3, -0.25) is 0 Å². The van der Waals surface area contributed by atoms with Crippen LogP contribution in [0, 0.1) is 5.92 Å². The molecule has 0 spiro atoms. The molecule has 0 radical (unpaired) electrons. The third-order valence-electron chi connectivity index (χ3n) is 1.34. The molecule has 0 saturated heterocycles. The summed E-state index contributed by atoms with van der Waals surface area (Å²) in [5.41, 5.74) is 4.50. The Morgan fingerprint density at radius 2 is 1.29 bits per heavy atom. The average molecular weight is 248 g/mol. The fraction of sp³-hybridized carbons (Fsp3) is 1.00. The quantitative estimate of drug-likeness (QED) is 0.726. The summed E-state index contributed by atoms with van der Waals surface area (Å²) >= 11 is 0. The second-order valence-corrected chi connectivity index (χ2v) is 2.41. The Labute approximate surface area is 81.5 Å². The van der Waals surface area contributed by atoms with Crippen LogP contribution in [0.3, 0.4) is 0 Å². The summed E-state index contributed by atoms with van der Waals surface area (Å²) in [4.78, 5) is 0. The predicted octanol–water partition coefficient (Wildman–Crippen LogP) is 1.47. The van der Waals surface area contributed by atoms with Gasteiger partial charge < -0.3 is 10.8 Å². The Hall–Kier alpha value is -0.210. The van der Waals surface area contributed by atoms with Crippen molar-refractivity contribution in [3.05, 3.63) is 0 Å². The van der Waals surface area contributed by atoms with Crippen LogP contribution in [0.1, 0.15) is 0 Å². The zero-order valence-electron chi connectivity index (χ0n) is 6.56. The molecule has 0 aromatic rings. The molecule has 0 aromatic carbocycles. The number of hydrogen-bond acceptors (Lipinski definition) is 2. The van der Waals surface area contributed by atoms with Gasteiger partial charge in [0.05, 0.1) is 6.61 Å². The SMILES string of the molecule is Cl.N[C@@H](CO)C(C(F)(F)F)C(F)(F)F. The van der Waals surface area contributed by atoms with Crippen LogP contribution in [0.4, 0.5) is 26.3 Å². The fourth-order valence-electron chi connectivity index (χ4n) is 0.776. The first-order valence-electron chi connectivity index (χ1n) is 3.10. The number of alkyl halides is 6. The molecule has 0 heterocycles. The summed E-state index contributed by atoms with van der Waals surface area (Å²) in [5, 5.41) is 8.11. The molecule has 2 nitrogen and oxygen atoms in total. The molecule has 0 aliphatic heterocycles. The molecular weight excluding hydrogens is 240 g/mol. The van der Waals surface area contributed by atoms with Crippen molar-refractivity contribution in [1.82, 2.24) is 0 Å². The minimum absolute atomic E-state index is 0. The lowest BCUT2D eigenvalue weighted by Gasteiger charge is -2.26. The lowest BCUT2D eigenvalue weighted by Crippen LogP contribution is -2.50. The summed E-state index contributed by atoms with van der Waals surface area (Å²) in [6.07, 6.45) is -11.0. The van der Waals surface area contributed by atoms with Crippen molar-refractivity contribution in [2.45, 2.75) is 18.4 Å². The Bertz CT molecular complexity index is 155. The highest BCUT2D eigenvalue weighted by molar-refractivity contribution is 5.85. The third kappa shape index (κ3) is 4.34. The molecule has 0 aliphatic rings. The zero-order valence-corrected chi connectivity index (χ0v) is 7.38. The van der Waals surface area contributed by atoms with Crippen LogP contribution in [-0.2, 0) is 0 Å². The van der Waals surface area contributed by atoms with Gasteiger partial charge in [0, 0.05) is 6.04 Å². The summed E-state index contributed by atoms with van der Waals surface area (Å²) in [7, 11) is 0. The number of hydrogen-bond donors (Lipinski definition) is 2. The highest BCUT2D eigenvalue weighted by Gasteiger charge is 2.59. The Kier molecular flexibility index (Phi) is 5.84. The number of nitrogens with two attached hydrogens (primary N) is 1. The standard InChI is InChI=1S/C5H7F6NO.ClH/c6-4(7,8)3(2(12)1-13)5(9,10)11;/h2-3,13H,1,12H2;1H/t2-;/m0./s1. The molecule has 0 bridgehead atoms.